The smallest absolute Gasteiger partial charge is 0.268 e. The molecule has 0 spiro atoms. The highest BCUT2D eigenvalue weighted by molar-refractivity contribution is 6.02. The van der Waals surface area contributed by atoms with Gasteiger partial charge in [0.2, 0.25) is 0 Å². The predicted octanol–water partition coefficient (Wildman–Crippen LogP) is 2.58. The summed E-state index contributed by atoms with van der Waals surface area (Å²) in [7, 11) is 1.40. The number of benzene rings is 1. The maximum atomic E-state index is 13.4. The van der Waals surface area contributed by atoms with Crippen molar-refractivity contribution in [3.8, 4) is 11.5 Å². The molecule has 8 nitrogen and oxygen atoms in total. The molecule has 2 N–H and O–H groups in total. The Labute approximate surface area is 188 Å². The van der Waals surface area contributed by atoms with Crippen LogP contribution in [-0.4, -0.2) is 45.5 Å². The Bertz CT molecular complexity index is 1360. The molecular formula is C24H23FN4O4. The number of nitrogens with zero attached hydrogens (tertiary/aromatic N) is 3. The first kappa shape index (κ1) is 21.1. The van der Waals surface area contributed by atoms with E-state index in [1.807, 2.05) is 6.92 Å². The van der Waals surface area contributed by atoms with Gasteiger partial charge in [0.05, 0.1) is 12.6 Å². The lowest BCUT2D eigenvalue weighted by atomic mass is 9.97. The highest BCUT2D eigenvalue weighted by atomic mass is 19.1. The minimum atomic E-state index is -0.677. The number of rotatable bonds is 5. The Morgan fingerprint density at radius 1 is 1.33 bits per heavy atom. The maximum absolute atomic E-state index is 13.4. The molecule has 5 rings (SSSR count). The molecule has 0 saturated heterocycles. The molecule has 0 fully saturated rings. The number of aliphatic imine (C=N–C) groups is 1. The number of carbonyl (C=O) groups is 1. The topological polar surface area (TPSA) is 106 Å². The van der Waals surface area contributed by atoms with E-state index in [1.54, 1.807) is 18.3 Å². The van der Waals surface area contributed by atoms with E-state index in [0.29, 0.717) is 29.7 Å². The van der Waals surface area contributed by atoms with Crippen LogP contribution in [0.3, 0.4) is 0 Å². The quantitative estimate of drug-likeness (QED) is 0.622. The van der Waals surface area contributed by atoms with Gasteiger partial charge in [0.1, 0.15) is 28.5 Å². The predicted molar refractivity (Wildman–Crippen MR) is 121 cm³/mol. The zero-order valence-electron chi connectivity index (χ0n) is 18.3. The van der Waals surface area contributed by atoms with E-state index in [-0.39, 0.29) is 35.6 Å². The molecule has 2 aliphatic rings. The largest absolute Gasteiger partial charge is 0.505 e. The van der Waals surface area contributed by atoms with Gasteiger partial charge in [-0.05, 0) is 24.6 Å². The fraction of sp³-hybridized carbons (Fsp3) is 0.333. The van der Waals surface area contributed by atoms with Gasteiger partial charge in [0, 0.05) is 43.8 Å². The summed E-state index contributed by atoms with van der Waals surface area (Å²) in [6.45, 7) is 2.20. The van der Waals surface area contributed by atoms with Crippen molar-refractivity contribution in [3.05, 3.63) is 63.3 Å². The molecule has 3 aromatic rings. The lowest BCUT2D eigenvalue weighted by molar-refractivity contribution is 0.0956. The molecule has 9 heteroatoms. The Morgan fingerprint density at radius 2 is 2.06 bits per heavy atom. The minimum Gasteiger partial charge on any atom is -0.505 e. The summed E-state index contributed by atoms with van der Waals surface area (Å²) < 4.78 is 21.2. The number of amides is 1. The SMILES string of the molecule is CNC(=O)c1c(O)c2ncc(Cc3ccc(F)cc3)c3c2n(c1=O)CC(CC1CC(C)=N1)O3. The third-order valence-corrected chi connectivity index (χ3v) is 6.17. The standard InChI is InChI=1S/C24H23FN4O4/c1-12-7-16(28-12)9-17-11-29-20-19(21(30)18(24(29)32)23(31)26-2)27-10-14(22(20)33-17)8-13-3-5-15(25)6-4-13/h3-6,10,16-17,30H,7-9,11H2,1-2H3,(H,26,31). The normalized spacial score (nSPS) is 18.9. The number of hydrogen-bond donors (Lipinski definition) is 2. The molecule has 33 heavy (non-hydrogen) atoms. The summed E-state index contributed by atoms with van der Waals surface area (Å²) in [6, 6.07) is 6.25. The fourth-order valence-electron chi connectivity index (χ4n) is 4.59. The van der Waals surface area contributed by atoms with Crippen LogP contribution in [0.25, 0.3) is 11.0 Å². The number of hydrogen-bond acceptors (Lipinski definition) is 6. The molecule has 2 aliphatic heterocycles. The highest BCUT2D eigenvalue weighted by Gasteiger charge is 2.33. The number of carbonyl (C=O) groups excluding carboxylic acids is 1. The summed E-state index contributed by atoms with van der Waals surface area (Å²) in [5, 5.41) is 13.2. The van der Waals surface area contributed by atoms with E-state index in [0.717, 1.165) is 17.7 Å². The minimum absolute atomic E-state index is 0.126. The van der Waals surface area contributed by atoms with Crippen LogP contribution in [-0.2, 0) is 13.0 Å². The van der Waals surface area contributed by atoms with E-state index in [4.69, 9.17) is 4.74 Å². The van der Waals surface area contributed by atoms with Gasteiger partial charge in [-0.1, -0.05) is 12.1 Å². The molecule has 170 valence electrons. The first-order valence-corrected chi connectivity index (χ1v) is 10.8. The lowest BCUT2D eigenvalue weighted by Crippen LogP contribution is -2.40. The molecule has 1 aromatic carbocycles. The van der Waals surface area contributed by atoms with Crippen molar-refractivity contribution in [2.24, 2.45) is 4.99 Å². The van der Waals surface area contributed by atoms with Crippen molar-refractivity contribution in [1.82, 2.24) is 14.9 Å². The summed E-state index contributed by atoms with van der Waals surface area (Å²) >= 11 is 0. The Kier molecular flexibility index (Phi) is 5.11. The zero-order chi connectivity index (χ0) is 23.3. The van der Waals surface area contributed by atoms with Crippen LogP contribution in [0.4, 0.5) is 4.39 Å². The fourth-order valence-corrected chi connectivity index (χ4v) is 4.59. The second-order valence-corrected chi connectivity index (χ2v) is 8.53. The van der Waals surface area contributed by atoms with E-state index in [1.165, 1.54) is 23.7 Å². The van der Waals surface area contributed by atoms with Crippen LogP contribution in [0.2, 0.25) is 0 Å². The average molecular weight is 450 g/mol. The molecule has 0 saturated carbocycles. The molecule has 2 atom stereocenters. The van der Waals surface area contributed by atoms with Gasteiger partial charge in [-0.3, -0.25) is 24.1 Å². The first-order valence-electron chi connectivity index (χ1n) is 10.8. The monoisotopic (exact) mass is 450 g/mol. The number of aromatic hydroxyl groups is 1. The summed E-state index contributed by atoms with van der Waals surface area (Å²) in [4.78, 5) is 34.5. The van der Waals surface area contributed by atoms with Crippen LogP contribution in [0, 0.1) is 5.82 Å². The maximum Gasteiger partial charge on any atom is 0.268 e. The van der Waals surface area contributed by atoms with Gasteiger partial charge in [-0.15, -0.1) is 0 Å². The number of aromatic nitrogens is 2. The van der Waals surface area contributed by atoms with Crippen molar-refractivity contribution in [2.45, 2.75) is 44.9 Å². The van der Waals surface area contributed by atoms with Crippen LogP contribution in [0.15, 0.2) is 40.2 Å². The zero-order valence-corrected chi connectivity index (χ0v) is 18.3. The molecule has 0 bridgehead atoms. The number of ether oxygens (including phenoxy) is 1. The summed E-state index contributed by atoms with van der Waals surface area (Å²) in [5.41, 5.74) is 2.18. The van der Waals surface area contributed by atoms with Gasteiger partial charge in [0.15, 0.2) is 11.5 Å². The summed E-state index contributed by atoms with van der Waals surface area (Å²) in [6.07, 6.45) is 3.14. The molecular weight excluding hydrogens is 427 g/mol. The van der Waals surface area contributed by atoms with E-state index >= 15 is 0 Å². The Morgan fingerprint density at radius 3 is 2.73 bits per heavy atom. The Balaban J connectivity index is 1.66. The molecule has 1 amide bonds. The summed E-state index contributed by atoms with van der Waals surface area (Å²) in [5.74, 6) is -1.04. The second-order valence-electron chi connectivity index (χ2n) is 8.53. The molecule has 2 aromatic heterocycles. The number of pyridine rings is 2. The van der Waals surface area contributed by atoms with Gasteiger partial charge in [0.25, 0.3) is 11.5 Å². The van der Waals surface area contributed by atoms with Crippen molar-refractivity contribution >= 4 is 22.7 Å². The van der Waals surface area contributed by atoms with Crippen molar-refractivity contribution < 1.29 is 19.0 Å². The van der Waals surface area contributed by atoms with Crippen molar-refractivity contribution in [2.75, 3.05) is 7.05 Å². The molecule has 0 radical (unpaired) electrons. The molecule has 2 unspecified atom stereocenters. The van der Waals surface area contributed by atoms with E-state index in [9.17, 15) is 19.1 Å². The van der Waals surface area contributed by atoms with Crippen LogP contribution in [0.1, 0.15) is 41.3 Å². The van der Waals surface area contributed by atoms with Gasteiger partial charge in [-0.25, -0.2) is 4.39 Å². The number of nitrogens with one attached hydrogen (secondary N) is 1. The molecule has 4 heterocycles. The van der Waals surface area contributed by atoms with Crippen LogP contribution in [0.5, 0.6) is 11.5 Å². The van der Waals surface area contributed by atoms with E-state index < -0.39 is 17.2 Å². The molecule has 0 aliphatic carbocycles. The van der Waals surface area contributed by atoms with E-state index in [2.05, 4.69) is 15.3 Å². The second kappa shape index (κ2) is 7.99. The van der Waals surface area contributed by atoms with Gasteiger partial charge >= 0.3 is 0 Å². The third-order valence-electron chi connectivity index (χ3n) is 6.17. The van der Waals surface area contributed by atoms with Crippen molar-refractivity contribution in [3.63, 3.8) is 0 Å². The number of halogens is 1. The van der Waals surface area contributed by atoms with Crippen LogP contribution < -0.4 is 15.6 Å². The van der Waals surface area contributed by atoms with Gasteiger partial charge in [-0.2, -0.15) is 0 Å². The highest BCUT2D eigenvalue weighted by Crippen LogP contribution is 2.38. The van der Waals surface area contributed by atoms with Crippen LogP contribution >= 0.6 is 0 Å². The van der Waals surface area contributed by atoms with Crippen molar-refractivity contribution in [1.29, 1.82) is 0 Å². The first-order chi connectivity index (χ1) is 15.9. The lowest BCUT2D eigenvalue weighted by Gasteiger charge is -2.33. The average Bonchev–Trinajstić information content (AvgIpc) is 2.78. The Hall–Kier alpha value is -3.75. The van der Waals surface area contributed by atoms with Gasteiger partial charge < -0.3 is 15.2 Å². The third kappa shape index (κ3) is 3.63.